The van der Waals surface area contributed by atoms with Crippen molar-refractivity contribution in [3.05, 3.63) is 38.0 Å². The molecule has 1 heterocycles. The number of allylic oxidation sites excluding steroid dienone is 2. The van der Waals surface area contributed by atoms with Crippen molar-refractivity contribution in [3.8, 4) is 0 Å². The van der Waals surface area contributed by atoms with Crippen LogP contribution in [0.3, 0.4) is 0 Å². The van der Waals surface area contributed by atoms with Crippen LogP contribution >= 0.6 is 0 Å². The maximum atomic E-state index is 11.8. The number of carbonyl (C=O) groups is 1. The van der Waals surface area contributed by atoms with E-state index in [9.17, 15) is 35.5 Å². The summed E-state index contributed by atoms with van der Waals surface area (Å²) < 4.78 is 82.4. The molecule has 0 amide bonds. The van der Waals surface area contributed by atoms with Crippen molar-refractivity contribution in [1.82, 2.24) is 9.55 Å². The van der Waals surface area contributed by atoms with Crippen LogP contribution in [0.2, 0.25) is 0 Å². The van der Waals surface area contributed by atoms with E-state index in [0.29, 0.717) is 0 Å². The van der Waals surface area contributed by atoms with Gasteiger partial charge in [0.15, 0.2) is 0 Å². The molecule has 0 aromatic carbocycles. The second-order valence-corrected chi connectivity index (χ2v) is 3.98. The predicted molar refractivity (Wildman–Crippen MR) is 66.0 cm³/mol. The third-order valence-electron chi connectivity index (χ3n) is 2.27. The fraction of sp³-hybridized carbons (Fsp3) is 0.333. The molecule has 11 heteroatoms. The highest BCUT2D eigenvalue weighted by molar-refractivity contribution is 5.76. The maximum absolute atomic E-state index is 11.8. The number of halogens is 7. The first-order valence-electron chi connectivity index (χ1n) is 5.61. The molecule has 1 rings (SSSR count). The molecule has 4 nitrogen and oxygen atoms in total. The second-order valence-electron chi connectivity index (χ2n) is 3.98. The van der Waals surface area contributed by atoms with Crippen molar-refractivity contribution in [1.29, 1.82) is 0 Å². The van der Waals surface area contributed by atoms with Gasteiger partial charge in [-0.25, -0.2) is 9.78 Å². The van der Waals surface area contributed by atoms with E-state index < -0.39 is 24.0 Å². The average molecular weight is 348 g/mol. The Bertz CT molecular complexity index is 550. The van der Waals surface area contributed by atoms with Crippen LogP contribution < -0.4 is 0 Å². The van der Waals surface area contributed by atoms with Crippen LogP contribution in [0.4, 0.5) is 30.7 Å². The van der Waals surface area contributed by atoms with Crippen LogP contribution in [0.1, 0.15) is 6.42 Å². The van der Waals surface area contributed by atoms with E-state index in [4.69, 9.17) is 5.11 Å². The lowest BCUT2D eigenvalue weighted by Crippen LogP contribution is -2.56. The normalized spacial score (nSPS) is 12.1. The molecule has 1 N–H and O–H groups in total. The maximum Gasteiger partial charge on any atom is 0.460 e. The summed E-state index contributed by atoms with van der Waals surface area (Å²) in [6, 6.07) is 0. The van der Waals surface area contributed by atoms with Crippen molar-refractivity contribution in [2.24, 2.45) is 0 Å². The summed E-state index contributed by atoms with van der Waals surface area (Å²) in [6.45, 7) is 7.45. The minimum Gasteiger partial charge on any atom is -0.477 e. The topological polar surface area (TPSA) is 55.1 Å². The zero-order chi connectivity index (χ0) is 18.5. The molecule has 0 bridgehead atoms. The Morgan fingerprint density at radius 3 is 2.00 bits per heavy atom. The largest absolute Gasteiger partial charge is 0.477 e. The molecule has 23 heavy (non-hydrogen) atoms. The Kier molecular flexibility index (Phi) is 6.55. The van der Waals surface area contributed by atoms with Gasteiger partial charge in [0.1, 0.15) is 0 Å². The Hall–Kier alpha value is -2.33. The highest BCUT2D eigenvalue weighted by Gasteiger charge is 2.76. The van der Waals surface area contributed by atoms with Crippen molar-refractivity contribution in [2.45, 2.75) is 24.4 Å². The summed E-state index contributed by atoms with van der Waals surface area (Å²) in [5.41, 5.74) is 0.993. The van der Waals surface area contributed by atoms with Gasteiger partial charge < -0.3 is 9.67 Å². The lowest BCUT2D eigenvalue weighted by atomic mass is 10.1. The van der Waals surface area contributed by atoms with Gasteiger partial charge in [0.2, 0.25) is 0 Å². The van der Waals surface area contributed by atoms with E-state index in [1.54, 1.807) is 12.5 Å². The van der Waals surface area contributed by atoms with E-state index in [2.05, 4.69) is 18.1 Å². The fourth-order valence-electron chi connectivity index (χ4n) is 1.03. The number of aromatic nitrogens is 2. The number of hydrogen-bond donors (Lipinski definition) is 1. The molecule has 0 fully saturated rings. The summed E-state index contributed by atoms with van der Waals surface area (Å²) >= 11 is 0. The number of carboxylic acid groups (broad SMARTS) is 1. The molecule has 1 aromatic heterocycles. The van der Waals surface area contributed by atoms with Gasteiger partial charge in [-0.2, -0.15) is 30.7 Å². The zero-order valence-electron chi connectivity index (χ0n) is 11.3. The highest BCUT2D eigenvalue weighted by atomic mass is 19.4. The van der Waals surface area contributed by atoms with Crippen LogP contribution in [0.15, 0.2) is 38.0 Å². The molecular formula is C12H11F7N2O2. The fourth-order valence-corrected chi connectivity index (χ4v) is 1.03. The first kappa shape index (κ1) is 20.7. The summed E-state index contributed by atoms with van der Waals surface area (Å²) in [6.07, 6.45) is 1.35. The molecule has 130 valence electrons. The van der Waals surface area contributed by atoms with Gasteiger partial charge in [0, 0.05) is 24.5 Å². The lowest BCUT2D eigenvalue weighted by molar-refractivity contribution is -0.347. The van der Waals surface area contributed by atoms with Gasteiger partial charge in [-0.1, -0.05) is 12.7 Å². The van der Waals surface area contributed by atoms with E-state index in [0.717, 1.165) is 12.1 Å². The summed E-state index contributed by atoms with van der Waals surface area (Å²) in [5.74, 6) is -16.3. The summed E-state index contributed by atoms with van der Waals surface area (Å²) in [7, 11) is 0. The lowest BCUT2D eigenvalue weighted by Gasteiger charge is -2.24. The van der Waals surface area contributed by atoms with Gasteiger partial charge >= 0.3 is 24.0 Å². The molecule has 0 aliphatic heterocycles. The van der Waals surface area contributed by atoms with Gasteiger partial charge in [-0.3, -0.25) is 0 Å². The number of nitrogens with zero attached hydrogens (tertiary/aromatic N) is 2. The van der Waals surface area contributed by atoms with Crippen LogP contribution in [-0.2, 0) is 4.79 Å². The number of rotatable bonds is 5. The minimum atomic E-state index is -6.60. The van der Waals surface area contributed by atoms with E-state index in [1.807, 2.05) is 16.8 Å². The number of imidazole rings is 1. The first-order valence-corrected chi connectivity index (χ1v) is 5.61. The van der Waals surface area contributed by atoms with E-state index >= 15 is 0 Å². The Balaban J connectivity index is 0.000000433. The third-order valence-corrected chi connectivity index (χ3v) is 2.27. The van der Waals surface area contributed by atoms with E-state index in [1.165, 1.54) is 0 Å². The van der Waals surface area contributed by atoms with Crippen LogP contribution in [0.5, 0.6) is 0 Å². The smallest absolute Gasteiger partial charge is 0.460 e. The number of aliphatic carboxylic acids is 1. The molecular weight excluding hydrogens is 337 g/mol. The predicted octanol–water partition coefficient (Wildman–Crippen LogP) is 3.83. The van der Waals surface area contributed by atoms with Crippen molar-refractivity contribution >= 4 is 11.7 Å². The standard InChI is InChI=1S/C8H10N2.C4HF7O2/c1-3-4-8(2)10-6-5-9-7-10;5-2(6,1(12)13)3(7,8)4(9,10)11/h3,5-7H,1-2,4H2;(H,12,13). The van der Waals surface area contributed by atoms with Crippen LogP contribution in [0, 0.1) is 0 Å². The van der Waals surface area contributed by atoms with E-state index in [-0.39, 0.29) is 0 Å². The van der Waals surface area contributed by atoms with Gasteiger partial charge in [0.25, 0.3) is 0 Å². The highest BCUT2D eigenvalue weighted by Crippen LogP contribution is 2.46. The molecule has 0 aliphatic carbocycles. The average Bonchev–Trinajstić information content (AvgIpc) is 2.92. The Labute approximate surface area is 125 Å². The van der Waals surface area contributed by atoms with Crippen LogP contribution in [0.25, 0.3) is 5.70 Å². The van der Waals surface area contributed by atoms with Crippen molar-refractivity contribution in [2.75, 3.05) is 0 Å². The van der Waals surface area contributed by atoms with Crippen molar-refractivity contribution in [3.63, 3.8) is 0 Å². The van der Waals surface area contributed by atoms with Gasteiger partial charge in [0.05, 0.1) is 6.33 Å². The minimum absolute atomic E-state index is 0.802. The second kappa shape index (κ2) is 7.29. The summed E-state index contributed by atoms with van der Waals surface area (Å²) in [5, 5.41) is 7.41. The summed E-state index contributed by atoms with van der Waals surface area (Å²) in [4.78, 5) is 13.3. The van der Waals surface area contributed by atoms with Crippen LogP contribution in [-0.4, -0.2) is 38.6 Å². The molecule has 1 aromatic rings. The van der Waals surface area contributed by atoms with Crippen molar-refractivity contribution < 1.29 is 40.6 Å². The third kappa shape index (κ3) is 4.83. The molecule has 0 unspecified atom stereocenters. The number of alkyl halides is 7. The Morgan fingerprint density at radius 1 is 1.22 bits per heavy atom. The van der Waals surface area contributed by atoms with Gasteiger partial charge in [-0.05, 0) is 0 Å². The van der Waals surface area contributed by atoms with Gasteiger partial charge in [-0.15, -0.1) is 6.58 Å². The number of hydrogen-bond acceptors (Lipinski definition) is 2. The quantitative estimate of drug-likeness (QED) is 0.650. The molecule has 0 spiro atoms. The first-order chi connectivity index (χ1) is 10.3. The SMILES string of the molecule is C=CCC(=C)n1ccnc1.O=C(O)C(F)(F)C(F)(F)C(F)(F)F. The zero-order valence-corrected chi connectivity index (χ0v) is 11.3. The number of carboxylic acids is 1. The Morgan fingerprint density at radius 2 is 1.74 bits per heavy atom. The molecule has 0 aliphatic rings. The monoisotopic (exact) mass is 348 g/mol. The molecule has 0 saturated carbocycles. The molecule has 0 saturated heterocycles. The molecule has 0 radical (unpaired) electrons. The molecule has 0 atom stereocenters.